The number of aliphatic hydroxyl groups excluding tert-OH is 1. The number of ether oxygens (including phenoxy) is 3. The molecular weight excluding hydrogens is 691 g/mol. The van der Waals surface area contributed by atoms with Gasteiger partial charge in [-0.3, -0.25) is 19.2 Å². The molecular formula is C41H51N3O8Si. The third-order valence-corrected chi connectivity index (χ3v) is 15.9. The van der Waals surface area contributed by atoms with Crippen LogP contribution in [0.2, 0.25) is 18.6 Å². The fourth-order valence-electron chi connectivity index (χ4n) is 8.64. The molecule has 1 spiro atoms. The smallest absolute Gasteiger partial charge is 0.305 e. The summed E-state index contributed by atoms with van der Waals surface area (Å²) < 4.78 is 17.5. The number of esters is 1. The van der Waals surface area contributed by atoms with E-state index in [1.165, 1.54) is 7.11 Å². The van der Waals surface area contributed by atoms with E-state index < -0.39 is 19.8 Å². The zero-order valence-corrected chi connectivity index (χ0v) is 32.4. The van der Waals surface area contributed by atoms with E-state index >= 15 is 4.79 Å². The predicted molar refractivity (Wildman–Crippen MR) is 205 cm³/mol. The first-order valence-electron chi connectivity index (χ1n) is 18.5. The molecule has 0 unspecified atom stereocenters. The number of aliphatic hydroxyl groups is 1. The standard InChI is InChI=1S/C41H51N3O8Si/c1-28-39(53(4,5)32-17-15-31(50-2)16-18-32)35(26-37(47)42(23-24-45)27-29-11-7-6-8-12-29)52-41(28)33-25-30(43-22-20-36(43)46)14-19-34(33)44(40(41)49)21-10-9-13-38(48)51-3/h6-8,11-12,14-19,25,28,35,39,45H,9-10,13,20-24,26-27H2,1-5H3/t28-,35+,39-,41+/m1/s1. The average molecular weight is 742 g/mol. The SMILES string of the molecule is COC(=O)CCCCN1C(=O)[C@@]2(O[C@@H](CC(=O)N(CCO)Cc3ccccc3)[C@H]([Si](C)(C)c3ccc(OC)cc3)[C@H]2C)c2cc(N3CCC3=O)ccc21. The average Bonchev–Trinajstić information content (AvgIpc) is 3.58. The number of amides is 3. The van der Waals surface area contributed by atoms with E-state index in [0.29, 0.717) is 44.5 Å². The number of benzene rings is 3. The van der Waals surface area contributed by atoms with E-state index in [9.17, 15) is 19.5 Å². The molecule has 1 N–H and O–H groups in total. The Labute approximate surface area is 312 Å². The molecule has 3 aromatic carbocycles. The summed E-state index contributed by atoms with van der Waals surface area (Å²) in [5, 5.41) is 11.1. The van der Waals surface area contributed by atoms with Crippen LogP contribution in [0.4, 0.5) is 11.4 Å². The molecule has 53 heavy (non-hydrogen) atoms. The maximum Gasteiger partial charge on any atom is 0.305 e. The van der Waals surface area contributed by atoms with Gasteiger partial charge in [0.2, 0.25) is 11.8 Å². The first-order chi connectivity index (χ1) is 25.5. The normalized spacial score (nSPS) is 22.2. The lowest BCUT2D eigenvalue weighted by Gasteiger charge is -2.37. The van der Waals surface area contributed by atoms with Gasteiger partial charge in [-0.15, -0.1) is 0 Å². The number of carbonyl (C=O) groups excluding carboxylic acids is 4. The molecule has 2 fully saturated rings. The van der Waals surface area contributed by atoms with Crippen LogP contribution in [0.15, 0.2) is 72.8 Å². The highest BCUT2D eigenvalue weighted by Gasteiger charge is 2.66. The number of fused-ring (bicyclic) bond motifs is 2. The van der Waals surface area contributed by atoms with Crippen LogP contribution >= 0.6 is 0 Å². The third-order valence-electron chi connectivity index (χ3n) is 11.5. The summed E-state index contributed by atoms with van der Waals surface area (Å²) in [7, 11) is 0.454. The minimum absolute atomic E-state index is 0.0279. The van der Waals surface area contributed by atoms with Gasteiger partial charge in [-0.1, -0.05) is 67.7 Å². The number of rotatable bonds is 15. The van der Waals surface area contributed by atoms with Gasteiger partial charge in [0.1, 0.15) is 5.75 Å². The summed E-state index contributed by atoms with van der Waals surface area (Å²) in [5.41, 5.74) is 1.50. The Hall–Kier alpha value is -4.52. The summed E-state index contributed by atoms with van der Waals surface area (Å²) >= 11 is 0. The molecule has 0 saturated carbocycles. The van der Waals surface area contributed by atoms with Gasteiger partial charge in [0.25, 0.3) is 5.91 Å². The molecule has 11 nitrogen and oxygen atoms in total. The van der Waals surface area contributed by atoms with Crippen molar-refractivity contribution in [3.8, 4) is 5.75 Å². The highest BCUT2D eigenvalue weighted by molar-refractivity contribution is 6.91. The van der Waals surface area contributed by atoms with Crippen molar-refractivity contribution in [2.45, 2.75) is 75.9 Å². The van der Waals surface area contributed by atoms with Crippen molar-refractivity contribution in [2.75, 3.05) is 50.3 Å². The Bertz CT molecular complexity index is 1820. The molecule has 6 rings (SSSR count). The Kier molecular flexibility index (Phi) is 11.4. The van der Waals surface area contributed by atoms with Gasteiger partial charge in [-0.05, 0) is 54.3 Å². The first kappa shape index (κ1) is 38.2. The van der Waals surface area contributed by atoms with Crippen molar-refractivity contribution in [3.05, 3.63) is 83.9 Å². The highest BCUT2D eigenvalue weighted by atomic mass is 28.3. The lowest BCUT2D eigenvalue weighted by Crippen LogP contribution is -2.52. The fourth-order valence-corrected chi connectivity index (χ4v) is 12.6. The molecule has 3 aliphatic rings. The summed E-state index contributed by atoms with van der Waals surface area (Å²) in [5.74, 6) is -0.227. The van der Waals surface area contributed by atoms with Crippen LogP contribution in [0.3, 0.4) is 0 Å². The lowest BCUT2D eigenvalue weighted by molar-refractivity contribution is -0.149. The second-order valence-corrected chi connectivity index (χ2v) is 19.6. The molecule has 12 heteroatoms. The first-order valence-corrected chi connectivity index (χ1v) is 21.6. The van der Waals surface area contributed by atoms with Gasteiger partial charge < -0.3 is 34.0 Å². The van der Waals surface area contributed by atoms with Crippen molar-refractivity contribution in [1.29, 1.82) is 0 Å². The van der Waals surface area contributed by atoms with Gasteiger partial charge in [-0.25, -0.2) is 0 Å². The third kappa shape index (κ3) is 7.24. The van der Waals surface area contributed by atoms with Crippen molar-refractivity contribution < 1.29 is 38.5 Å². The molecule has 3 aromatic rings. The maximum absolute atomic E-state index is 15.1. The Morgan fingerprint density at radius 3 is 2.38 bits per heavy atom. The van der Waals surface area contributed by atoms with E-state index in [4.69, 9.17) is 14.2 Å². The van der Waals surface area contributed by atoms with Gasteiger partial charge in [-0.2, -0.15) is 0 Å². The highest BCUT2D eigenvalue weighted by Crippen LogP contribution is 2.60. The summed E-state index contributed by atoms with van der Waals surface area (Å²) in [4.78, 5) is 59.1. The zero-order valence-electron chi connectivity index (χ0n) is 31.4. The number of carbonyl (C=O) groups is 4. The van der Waals surface area contributed by atoms with Crippen molar-refractivity contribution in [3.63, 3.8) is 0 Å². The Morgan fingerprint density at radius 2 is 1.75 bits per heavy atom. The molecule has 0 aliphatic carbocycles. The molecule has 3 aliphatic heterocycles. The number of anilines is 2. The molecule has 282 valence electrons. The van der Waals surface area contributed by atoms with E-state index in [2.05, 4.69) is 32.2 Å². The van der Waals surface area contributed by atoms with E-state index in [1.807, 2.05) is 60.7 Å². The zero-order chi connectivity index (χ0) is 37.9. The van der Waals surface area contributed by atoms with Crippen LogP contribution in [0, 0.1) is 5.92 Å². The fraction of sp³-hybridized carbons (Fsp3) is 0.463. The van der Waals surface area contributed by atoms with Crippen molar-refractivity contribution >= 4 is 48.3 Å². The molecule has 2 saturated heterocycles. The summed E-state index contributed by atoms with van der Waals surface area (Å²) in [6.45, 7) is 7.91. The van der Waals surface area contributed by atoms with E-state index in [-0.39, 0.29) is 61.1 Å². The number of hydrogen-bond donors (Lipinski definition) is 1. The molecule has 4 atom stereocenters. The summed E-state index contributed by atoms with van der Waals surface area (Å²) in [6, 6.07) is 23.5. The summed E-state index contributed by atoms with van der Waals surface area (Å²) in [6.07, 6.45) is 1.26. The van der Waals surface area contributed by atoms with Crippen LogP contribution in [-0.2, 0) is 40.8 Å². The minimum atomic E-state index is -2.55. The second kappa shape index (κ2) is 15.8. The molecule has 0 bridgehead atoms. The quantitative estimate of drug-likeness (QED) is 0.103. The Morgan fingerprint density at radius 1 is 1.02 bits per heavy atom. The number of unbranched alkanes of at least 4 members (excludes halogenated alkanes) is 1. The van der Waals surface area contributed by atoms with Crippen molar-refractivity contribution in [2.24, 2.45) is 5.92 Å². The Balaban J connectivity index is 1.41. The van der Waals surface area contributed by atoms with Gasteiger partial charge in [0, 0.05) is 56.2 Å². The minimum Gasteiger partial charge on any atom is -0.497 e. The van der Waals surface area contributed by atoms with Gasteiger partial charge in [0.05, 0.1) is 47.1 Å². The molecule has 3 heterocycles. The van der Waals surface area contributed by atoms with Crippen LogP contribution in [-0.4, -0.2) is 88.3 Å². The monoisotopic (exact) mass is 741 g/mol. The lowest BCUT2D eigenvalue weighted by atomic mass is 9.82. The van der Waals surface area contributed by atoms with E-state index in [1.54, 1.807) is 21.8 Å². The van der Waals surface area contributed by atoms with Gasteiger partial charge in [0.15, 0.2) is 5.60 Å². The van der Waals surface area contributed by atoms with Gasteiger partial charge >= 0.3 is 5.97 Å². The predicted octanol–water partition coefficient (Wildman–Crippen LogP) is 4.75. The molecule has 0 aromatic heterocycles. The topological polar surface area (TPSA) is 126 Å². The molecule has 0 radical (unpaired) electrons. The van der Waals surface area contributed by atoms with Crippen LogP contribution in [0.5, 0.6) is 5.75 Å². The van der Waals surface area contributed by atoms with Crippen LogP contribution in [0.25, 0.3) is 0 Å². The van der Waals surface area contributed by atoms with E-state index in [0.717, 1.165) is 27.9 Å². The van der Waals surface area contributed by atoms with Crippen LogP contribution < -0.4 is 19.7 Å². The second-order valence-electron chi connectivity index (χ2n) is 14.9. The number of methoxy groups -OCH3 is 2. The largest absolute Gasteiger partial charge is 0.497 e. The maximum atomic E-state index is 15.1. The van der Waals surface area contributed by atoms with Crippen molar-refractivity contribution in [1.82, 2.24) is 4.90 Å². The molecule has 3 amide bonds. The number of β-lactam (4-membered cyclic amide) rings is 1. The number of nitrogens with zero attached hydrogens (tertiary/aromatic N) is 3. The van der Waals surface area contributed by atoms with Crippen LogP contribution in [0.1, 0.15) is 50.2 Å². The number of hydrogen-bond acceptors (Lipinski definition) is 8.